The summed E-state index contributed by atoms with van der Waals surface area (Å²) >= 11 is 0. The van der Waals surface area contributed by atoms with Gasteiger partial charge in [-0.3, -0.25) is 14.9 Å². The van der Waals surface area contributed by atoms with E-state index in [1.807, 2.05) is 49.6 Å². The van der Waals surface area contributed by atoms with E-state index in [9.17, 15) is 19.7 Å². The monoisotopic (exact) mass is 421 g/mol. The number of nitrogens with zero attached hydrogens (tertiary/aromatic N) is 2. The Balaban J connectivity index is 1.76. The van der Waals surface area contributed by atoms with Crippen LogP contribution in [-0.4, -0.2) is 27.5 Å². The number of ether oxygens (including phenoxy) is 1. The molecule has 1 atom stereocenters. The molecule has 8 nitrogen and oxygen atoms in total. The van der Waals surface area contributed by atoms with Crippen molar-refractivity contribution < 1.29 is 19.2 Å². The molecule has 3 aromatic rings. The molecule has 160 valence electrons. The molecule has 0 aliphatic heterocycles. The van der Waals surface area contributed by atoms with Crippen molar-refractivity contribution in [2.75, 3.05) is 5.32 Å². The Kier molecular flexibility index (Phi) is 6.20. The van der Waals surface area contributed by atoms with Gasteiger partial charge in [-0.2, -0.15) is 0 Å². The Morgan fingerprint density at radius 3 is 2.35 bits per heavy atom. The van der Waals surface area contributed by atoms with Crippen LogP contribution in [0.5, 0.6) is 0 Å². The molecule has 0 bridgehead atoms. The van der Waals surface area contributed by atoms with Crippen molar-refractivity contribution in [3.63, 3.8) is 0 Å². The highest BCUT2D eigenvalue weighted by atomic mass is 16.6. The van der Waals surface area contributed by atoms with Crippen LogP contribution in [0.4, 0.5) is 11.4 Å². The van der Waals surface area contributed by atoms with Crippen molar-refractivity contribution in [1.82, 2.24) is 4.57 Å². The lowest BCUT2D eigenvalue weighted by atomic mass is 10.2. The van der Waals surface area contributed by atoms with Crippen LogP contribution in [0.1, 0.15) is 34.2 Å². The van der Waals surface area contributed by atoms with Gasteiger partial charge in [0.15, 0.2) is 6.10 Å². The number of anilines is 1. The molecule has 3 rings (SSSR count). The van der Waals surface area contributed by atoms with Crippen molar-refractivity contribution in [3.05, 3.63) is 87.2 Å². The maximum atomic E-state index is 12.7. The Bertz CT molecular complexity index is 1150. The van der Waals surface area contributed by atoms with Gasteiger partial charge in [-0.25, -0.2) is 4.79 Å². The summed E-state index contributed by atoms with van der Waals surface area (Å²) in [6, 6.07) is 15.4. The number of amides is 1. The lowest BCUT2D eigenvalue weighted by Crippen LogP contribution is -2.30. The van der Waals surface area contributed by atoms with Gasteiger partial charge in [0.05, 0.1) is 10.5 Å². The van der Waals surface area contributed by atoms with Crippen LogP contribution in [0, 0.1) is 30.9 Å². The van der Waals surface area contributed by atoms with E-state index in [2.05, 4.69) is 5.32 Å². The molecular weight excluding hydrogens is 398 g/mol. The second kappa shape index (κ2) is 8.83. The van der Waals surface area contributed by atoms with E-state index in [1.165, 1.54) is 25.1 Å². The number of aromatic nitrogens is 1. The van der Waals surface area contributed by atoms with E-state index in [4.69, 9.17) is 4.74 Å². The number of nitro groups is 1. The molecule has 31 heavy (non-hydrogen) atoms. The highest BCUT2D eigenvalue weighted by Gasteiger charge is 2.24. The number of nitrogens with one attached hydrogen (secondary N) is 1. The topological polar surface area (TPSA) is 103 Å². The summed E-state index contributed by atoms with van der Waals surface area (Å²) < 4.78 is 7.28. The predicted octanol–water partition coefficient (Wildman–Crippen LogP) is 4.49. The maximum absolute atomic E-state index is 12.7. The summed E-state index contributed by atoms with van der Waals surface area (Å²) in [6.45, 7) is 7.11. The van der Waals surface area contributed by atoms with Crippen molar-refractivity contribution >= 4 is 23.3 Å². The molecule has 1 heterocycles. The molecular formula is C23H23N3O5. The number of esters is 1. The first-order chi connectivity index (χ1) is 14.7. The molecule has 1 amide bonds. The number of carbonyl (C=O) groups is 2. The highest BCUT2D eigenvalue weighted by molar-refractivity contribution is 5.99. The van der Waals surface area contributed by atoms with Gasteiger partial charge in [0.2, 0.25) is 0 Å². The number of rotatable bonds is 6. The summed E-state index contributed by atoms with van der Waals surface area (Å²) in [4.78, 5) is 35.7. The van der Waals surface area contributed by atoms with E-state index >= 15 is 0 Å². The smallest absolute Gasteiger partial charge is 0.340 e. The molecule has 0 unspecified atom stereocenters. The van der Waals surface area contributed by atoms with Gasteiger partial charge in [0.1, 0.15) is 5.69 Å². The molecule has 1 N–H and O–H groups in total. The van der Waals surface area contributed by atoms with Crippen LogP contribution in [-0.2, 0) is 9.53 Å². The number of carbonyl (C=O) groups excluding carboxylic acids is 2. The lowest BCUT2D eigenvalue weighted by molar-refractivity contribution is -0.383. The highest BCUT2D eigenvalue weighted by Crippen LogP contribution is 2.24. The number of aryl methyl sites for hydroxylation is 2. The van der Waals surface area contributed by atoms with E-state index in [0.717, 1.165) is 16.9 Å². The van der Waals surface area contributed by atoms with Crippen LogP contribution < -0.4 is 5.32 Å². The van der Waals surface area contributed by atoms with Crippen LogP contribution in [0.2, 0.25) is 0 Å². The van der Waals surface area contributed by atoms with Crippen LogP contribution in [0.3, 0.4) is 0 Å². The molecule has 0 aliphatic rings. The number of hydrogen-bond donors (Lipinski definition) is 1. The zero-order valence-corrected chi connectivity index (χ0v) is 17.7. The van der Waals surface area contributed by atoms with E-state index < -0.39 is 22.9 Å². The Labute approximate surface area is 179 Å². The van der Waals surface area contributed by atoms with Crippen LogP contribution >= 0.6 is 0 Å². The normalized spacial score (nSPS) is 11.6. The first-order valence-corrected chi connectivity index (χ1v) is 9.70. The molecule has 0 saturated heterocycles. The van der Waals surface area contributed by atoms with E-state index in [-0.39, 0.29) is 11.4 Å². The minimum atomic E-state index is -1.14. The second-order valence-corrected chi connectivity index (χ2v) is 7.27. The van der Waals surface area contributed by atoms with Crippen molar-refractivity contribution in [2.45, 2.75) is 33.8 Å². The van der Waals surface area contributed by atoms with Crippen LogP contribution in [0.15, 0.2) is 54.6 Å². The number of benzene rings is 2. The fourth-order valence-electron chi connectivity index (χ4n) is 3.31. The van der Waals surface area contributed by atoms with Gasteiger partial charge in [-0.1, -0.05) is 29.8 Å². The summed E-state index contributed by atoms with van der Waals surface area (Å²) in [7, 11) is 0. The molecule has 0 spiro atoms. The Hall–Kier alpha value is -3.94. The van der Waals surface area contributed by atoms with Crippen molar-refractivity contribution in [3.8, 4) is 5.69 Å². The molecule has 0 aliphatic carbocycles. The molecule has 0 saturated carbocycles. The summed E-state index contributed by atoms with van der Waals surface area (Å²) in [6.07, 6.45) is -1.14. The van der Waals surface area contributed by atoms with Gasteiger partial charge in [0, 0.05) is 23.1 Å². The average molecular weight is 421 g/mol. The minimum Gasteiger partial charge on any atom is -0.449 e. The average Bonchev–Trinajstić information content (AvgIpc) is 3.03. The van der Waals surface area contributed by atoms with Gasteiger partial charge < -0.3 is 14.6 Å². The molecule has 0 fully saturated rings. The number of hydrogen-bond acceptors (Lipinski definition) is 5. The van der Waals surface area contributed by atoms with Gasteiger partial charge in [-0.05, 0) is 52.0 Å². The number of para-hydroxylation sites is 2. The SMILES string of the molecule is Cc1ccc(-n2c(C)cc(C(=O)O[C@@H](C)C(=O)Nc3ccccc3[N+](=O)[O-])c2C)cc1. The first kappa shape index (κ1) is 21.8. The largest absolute Gasteiger partial charge is 0.449 e. The summed E-state index contributed by atoms with van der Waals surface area (Å²) in [5.74, 6) is -1.30. The standard InChI is InChI=1S/C23H23N3O5/c1-14-9-11-18(12-10-14)25-15(2)13-19(16(25)3)23(28)31-17(4)22(27)24-20-7-5-6-8-21(20)26(29)30/h5-13,17H,1-4H3,(H,24,27)/t17-/m0/s1. The predicted molar refractivity (Wildman–Crippen MR) is 117 cm³/mol. The number of nitro benzene ring substituents is 1. The third-order valence-electron chi connectivity index (χ3n) is 4.95. The van der Waals surface area contributed by atoms with E-state index in [0.29, 0.717) is 11.3 Å². The quantitative estimate of drug-likeness (QED) is 0.359. The van der Waals surface area contributed by atoms with Crippen molar-refractivity contribution in [2.24, 2.45) is 0 Å². The molecule has 0 radical (unpaired) electrons. The van der Waals surface area contributed by atoms with E-state index in [1.54, 1.807) is 12.1 Å². The fraction of sp³-hybridized carbons (Fsp3) is 0.217. The zero-order valence-electron chi connectivity index (χ0n) is 17.7. The third kappa shape index (κ3) is 4.63. The zero-order chi connectivity index (χ0) is 22.7. The Morgan fingerprint density at radius 1 is 1.06 bits per heavy atom. The molecule has 1 aromatic heterocycles. The minimum absolute atomic E-state index is 0.0398. The van der Waals surface area contributed by atoms with Crippen molar-refractivity contribution in [1.29, 1.82) is 0 Å². The first-order valence-electron chi connectivity index (χ1n) is 9.70. The maximum Gasteiger partial charge on any atom is 0.340 e. The third-order valence-corrected chi connectivity index (χ3v) is 4.95. The summed E-state index contributed by atoms with van der Waals surface area (Å²) in [5, 5.41) is 13.6. The van der Waals surface area contributed by atoms with Gasteiger partial charge in [0.25, 0.3) is 11.6 Å². The molecule has 8 heteroatoms. The van der Waals surface area contributed by atoms with Gasteiger partial charge in [-0.15, -0.1) is 0 Å². The van der Waals surface area contributed by atoms with Crippen LogP contribution in [0.25, 0.3) is 5.69 Å². The molecule has 2 aromatic carbocycles. The van der Waals surface area contributed by atoms with Gasteiger partial charge >= 0.3 is 5.97 Å². The fourth-order valence-corrected chi connectivity index (χ4v) is 3.31. The Morgan fingerprint density at radius 2 is 1.71 bits per heavy atom. The summed E-state index contributed by atoms with van der Waals surface area (Å²) in [5.41, 5.74) is 3.74. The lowest BCUT2D eigenvalue weighted by Gasteiger charge is -2.14. The second-order valence-electron chi connectivity index (χ2n) is 7.27.